The van der Waals surface area contributed by atoms with Crippen molar-refractivity contribution in [3.63, 3.8) is 0 Å². The standard InChI is InChI=1S/C16H23BrN6O2/c1-6-22-8-12(14(21-22)16(25)18-5)19-15(24)9(2)7-23-11(4)13(17)10(3)20-23/h8-9H,6-7H2,1-5H3,(H,18,25)(H,19,24). The normalized spacial score (nSPS) is 12.1. The number of halogens is 1. The fourth-order valence-electron chi connectivity index (χ4n) is 2.41. The molecule has 9 heteroatoms. The number of carbonyl (C=O) groups is 2. The molecule has 2 rings (SSSR count). The second-order valence-electron chi connectivity index (χ2n) is 5.88. The predicted molar refractivity (Wildman–Crippen MR) is 98.5 cm³/mol. The van der Waals surface area contributed by atoms with Crippen LogP contribution < -0.4 is 10.6 Å². The third-order valence-electron chi connectivity index (χ3n) is 3.97. The molecule has 0 aliphatic carbocycles. The molecule has 136 valence electrons. The van der Waals surface area contributed by atoms with Crippen LogP contribution in [0.3, 0.4) is 0 Å². The van der Waals surface area contributed by atoms with Gasteiger partial charge in [0.15, 0.2) is 5.69 Å². The maximum Gasteiger partial charge on any atom is 0.273 e. The van der Waals surface area contributed by atoms with Gasteiger partial charge in [0, 0.05) is 25.5 Å². The number of aromatic nitrogens is 4. The Balaban J connectivity index is 2.14. The molecule has 0 aliphatic heterocycles. The van der Waals surface area contributed by atoms with Gasteiger partial charge in [-0.1, -0.05) is 6.92 Å². The third kappa shape index (κ3) is 4.09. The topological polar surface area (TPSA) is 93.8 Å². The van der Waals surface area contributed by atoms with Gasteiger partial charge in [-0.05, 0) is 36.7 Å². The van der Waals surface area contributed by atoms with Crippen LogP contribution >= 0.6 is 15.9 Å². The largest absolute Gasteiger partial charge is 0.354 e. The van der Waals surface area contributed by atoms with Gasteiger partial charge in [-0.2, -0.15) is 10.2 Å². The molecule has 0 saturated carbocycles. The van der Waals surface area contributed by atoms with E-state index in [4.69, 9.17) is 0 Å². The summed E-state index contributed by atoms with van der Waals surface area (Å²) in [6, 6.07) is 0. The zero-order valence-corrected chi connectivity index (χ0v) is 16.6. The highest BCUT2D eigenvalue weighted by atomic mass is 79.9. The van der Waals surface area contributed by atoms with Crippen LogP contribution in [0.25, 0.3) is 0 Å². The molecule has 0 aliphatic rings. The first-order valence-corrected chi connectivity index (χ1v) is 8.87. The van der Waals surface area contributed by atoms with Crippen molar-refractivity contribution in [1.82, 2.24) is 24.9 Å². The van der Waals surface area contributed by atoms with Crippen molar-refractivity contribution >= 4 is 33.4 Å². The summed E-state index contributed by atoms with van der Waals surface area (Å²) in [6.07, 6.45) is 1.66. The van der Waals surface area contributed by atoms with Crippen molar-refractivity contribution in [2.75, 3.05) is 12.4 Å². The summed E-state index contributed by atoms with van der Waals surface area (Å²) >= 11 is 3.49. The number of amides is 2. The van der Waals surface area contributed by atoms with Gasteiger partial charge in [-0.3, -0.25) is 19.0 Å². The SMILES string of the molecule is CCn1cc(NC(=O)C(C)Cn2nc(C)c(Br)c2C)c(C(=O)NC)n1. The smallest absolute Gasteiger partial charge is 0.273 e. The average molecular weight is 411 g/mol. The first-order chi connectivity index (χ1) is 11.8. The van der Waals surface area contributed by atoms with Gasteiger partial charge >= 0.3 is 0 Å². The molecular weight excluding hydrogens is 388 g/mol. The van der Waals surface area contributed by atoms with Crippen molar-refractivity contribution in [2.24, 2.45) is 5.92 Å². The fraction of sp³-hybridized carbons (Fsp3) is 0.500. The number of carbonyl (C=O) groups excluding carboxylic acids is 2. The van der Waals surface area contributed by atoms with E-state index in [0.717, 1.165) is 15.9 Å². The van der Waals surface area contributed by atoms with Gasteiger partial charge in [0.2, 0.25) is 5.91 Å². The van der Waals surface area contributed by atoms with E-state index in [1.165, 1.54) is 7.05 Å². The summed E-state index contributed by atoms with van der Waals surface area (Å²) in [5.74, 6) is -0.852. The van der Waals surface area contributed by atoms with E-state index in [-0.39, 0.29) is 23.4 Å². The third-order valence-corrected chi connectivity index (χ3v) is 5.12. The predicted octanol–water partition coefficient (Wildman–Crippen LogP) is 2.11. The van der Waals surface area contributed by atoms with Crippen molar-refractivity contribution in [3.05, 3.63) is 27.8 Å². The van der Waals surface area contributed by atoms with E-state index in [1.54, 1.807) is 15.6 Å². The fourth-order valence-corrected chi connectivity index (χ4v) is 2.70. The number of nitrogens with zero attached hydrogens (tertiary/aromatic N) is 4. The number of anilines is 1. The van der Waals surface area contributed by atoms with Crippen LogP contribution in [0, 0.1) is 19.8 Å². The Bertz CT molecular complexity index is 795. The first kappa shape index (κ1) is 19.2. The lowest BCUT2D eigenvalue weighted by Gasteiger charge is -2.13. The first-order valence-electron chi connectivity index (χ1n) is 8.08. The van der Waals surface area contributed by atoms with Crippen LogP contribution in [-0.2, 0) is 17.9 Å². The van der Waals surface area contributed by atoms with Gasteiger partial charge in [-0.25, -0.2) is 0 Å². The lowest BCUT2D eigenvalue weighted by molar-refractivity contribution is -0.119. The van der Waals surface area contributed by atoms with Gasteiger partial charge < -0.3 is 10.6 Å². The maximum atomic E-state index is 12.5. The molecule has 1 unspecified atom stereocenters. The summed E-state index contributed by atoms with van der Waals surface area (Å²) in [4.78, 5) is 24.5. The van der Waals surface area contributed by atoms with Crippen molar-refractivity contribution in [1.29, 1.82) is 0 Å². The molecule has 0 spiro atoms. The average Bonchev–Trinajstić information content (AvgIpc) is 3.10. The van der Waals surface area contributed by atoms with Crippen LogP contribution in [0.2, 0.25) is 0 Å². The summed E-state index contributed by atoms with van der Waals surface area (Å²) in [5, 5.41) is 14.0. The molecule has 0 fully saturated rings. The summed E-state index contributed by atoms with van der Waals surface area (Å²) < 4.78 is 4.37. The highest BCUT2D eigenvalue weighted by Gasteiger charge is 2.21. The van der Waals surface area contributed by atoms with E-state index < -0.39 is 0 Å². The number of hydrogen-bond acceptors (Lipinski definition) is 4. The molecule has 2 aromatic heterocycles. The minimum absolute atomic E-state index is 0.190. The number of rotatable bonds is 6. The Morgan fingerprint density at radius 1 is 1.32 bits per heavy atom. The number of aryl methyl sites for hydroxylation is 2. The lowest BCUT2D eigenvalue weighted by atomic mass is 10.1. The van der Waals surface area contributed by atoms with Crippen LogP contribution in [-0.4, -0.2) is 38.4 Å². The molecule has 0 saturated heterocycles. The van der Waals surface area contributed by atoms with Crippen molar-refractivity contribution < 1.29 is 9.59 Å². The van der Waals surface area contributed by atoms with Gasteiger partial charge in [0.1, 0.15) is 0 Å². The minimum atomic E-state index is -0.336. The van der Waals surface area contributed by atoms with Crippen LogP contribution in [0.15, 0.2) is 10.7 Å². The van der Waals surface area contributed by atoms with Crippen molar-refractivity contribution in [2.45, 2.75) is 40.8 Å². The Labute approximate surface area is 155 Å². The molecular formula is C16H23BrN6O2. The monoisotopic (exact) mass is 410 g/mol. The highest BCUT2D eigenvalue weighted by Crippen LogP contribution is 2.21. The number of nitrogens with one attached hydrogen (secondary N) is 2. The summed E-state index contributed by atoms with van der Waals surface area (Å²) in [7, 11) is 1.53. The van der Waals surface area contributed by atoms with E-state index in [9.17, 15) is 9.59 Å². The number of hydrogen-bond donors (Lipinski definition) is 2. The zero-order valence-electron chi connectivity index (χ0n) is 15.1. The molecule has 8 nitrogen and oxygen atoms in total. The summed E-state index contributed by atoms with van der Waals surface area (Å²) in [6.45, 7) is 8.65. The van der Waals surface area contributed by atoms with Crippen LogP contribution in [0.1, 0.15) is 35.7 Å². The molecule has 2 aromatic rings. The molecule has 0 radical (unpaired) electrons. The summed E-state index contributed by atoms with van der Waals surface area (Å²) in [5.41, 5.74) is 2.48. The van der Waals surface area contributed by atoms with E-state index in [2.05, 4.69) is 36.8 Å². The zero-order chi connectivity index (χ0) is 18.7. The Kier molecular flexibility index (Phi) is 5.99. The van der Waals surface area contributed by atoms with Gasteiger partial charge in [0.05, 0.1) is 28.3 Å². The molecule has 2 amide bonds. The minimum Gasteiger partial charge on any atom is -0.354 e. The van der Waals surface area contributed by atoms with Gasteiger partial charge in [-0.15, -0.1) is 0 Å². The Morgan fingerprint density at radius 3 is 2.52 bits per heavy atom. The van der Waals surface area contributed by atoms with Crippen molar-refractivity contribution in [3.8, 4) is 0 Å². The molecule has 0 aromatic carbocycles. The Hall–Kier alpha value is -2.16. The van der Waals surface area contributed by atoms with E-state index in [1.807, 2.05) is 27.7 Å². The van der Waals surface area contributed by atoms with Gasteiger partial charge in [0.25, 0.3) is 5.91 Å². The quantitative estimate of drug-likeness (QED) is 0.762. The molecule has 0 bridgehead atoms. The van der Waals surface area contributed by atoms with E-state index >= 15 is 0 Å². The second kappa shape index (κ2) is 7.81. The molecule has 25 heavy (non-hydrogen) atoms. The van der Waals surface area contributed by atoms with Crippen LogP contribution in [0.4, 0.5) is 5.69 Å². The maximum absolute atomic E-state index is 12.5. The van der Waals surface area contributed by atoms with E-state index in [0.29, 0.717) is 18.8 Å². The molecule has 2 N–H and O–H groups in total. The molecule has 2 heterocycles. The van der Waals surface area contributed by atoms with Crippen LogP contribution in [0.5, 0.6) is 0 Å². The lowest BCUT2D eigenvalue weighted by Crippen LogP contribution is -2.27. The Morgan fingerprint density at radius 2 is 2.00 bits per heavy atom. The molecule has 1 atom stereocenters. The highest BCUT2D eigenvalue weighted by molar-refractivity contribution is 9.10. The second-order valence-corrected chi connectivity index (χ2v) is 6.68.